The van der Waals surface area contributed by atoms with Gasteiger partial charge in [-0.3, -0.25) is 4.79 Å². The molecule has 0 fully saturated rings. The summed E-state index contributed by atoms with van der Waals surface area (Å²) in [5, 5.41) is 0.630. The molecule has 1 aromatic carbocycles. The molecular formula is C9H7ClO2. The van der Waals surface area contributed by atoms with Crippen LogP contribution in [-0.2, 0) is 9.53 Å². The first kappa shape index (κ1) is 9.07. The largest absolute Gasteiger partial charge is 0.468 e. The van der Waals surface area contributed by atoms with E-state index in [0.29, 0.717) is 10.6 Å². The van der Waals surface area contributed by atoms with Gasteiger partial charge in [0.15, 0.2) is 0 Å². The van der Waals surface area contributed by atoms with Crippen LogP contribution < -0.4 is 0 Å². The van der Waals surface area contributed by atoms with Gasteiger partial charge in [-0.25, -0.2) is 0 Å². The number of benzene rings is 1. The van der Waals surface area contributed by atoms with Gasteiger partial charge in [-0.2, -0.15) is 0 Å². The van der Waals surface area contributed by atoms with E-state index in [2.05, 4.69) is 11.2 Å². The van der Waals surface area contributed by atoms with Crippen molar-refractivity contribution in [1.82, 2.24) is 0 Å². The van der Waals surface area contributed by atoms with Crippen LogP contribution in [0.15, 0.2) is 24.3 Å². The number of hydrogen-bond acceptors (Lipinski definition) is 2. The molecule has 0 aliphatic rings. The normalized spacial score (nSPS) is 9.50. The number of carbonyl (C=O) groups is 1. The SMILES string of the molecule is COC(=O)[C]c1ccc(Cl)cc1. The van der Waals surface area contributed by atoms with Crippen LogP contribution in [0, 0.1) is 6.42 Å². The summed E-state index contributed by atoms with van der Waals surface area (Å²) in [6, 6.07) is 6.76. The monoisotopic (exact) mass is 182 g/mol. The molecule has 1 rings (SSSR count). The number of methoxy groups -OCH3 is 1. The van der Waals surface area contributed by atoms with Crippen molar-refractivity contribution in [3.05, 3.63) is 41.3 Å². The van der Waals surface area contributed by atoms with Gasteiger partial charge < -0.3 is 4.74 Å². The van der Waals surface area contributed by atoms with E-state index in [1.165, 1.54) is 7.11 Å². The number of carbonyl (C=O) groups excluding carboxylic acids is 1. The topological polar surface area (TPSA) is 26.3 Å². The molecule has 2 radical (unpaired) electrons. The van der Waals surface area contributed by atoms with Gasteiger partial charge in [-0.1, -0.05) is 23.7 Å². The molecule has 0 saturated carbocycles. The molecule has 0 amide bonds. The Bertz CT molecular complexity index is 266. The zero-order valence-corrected chi connectivity index (χ0v) is 7.26. The van der Waals surface area contributed by atoms with Crippen molar-refractivity contribution in [3.63, 3.8) is 0 Å². The van der Waals surface area contributed by atoms with E-state index in [1.807, 2.05) is 0 Å². The summed E-state index contributed by atoms with van der Waals surface area (Å²) in [6.45, 7) is 0. The summed E-state index contributed by atoms with van der Waals surface area (Å²) in [4.78, 5) is 10.7. The van der Waals surface area contributed by atoms with E-state index in [0.717, 1.165) is 0 Å². The maximum Gasteiger partial charge on any atom is 0.319 e. The highest BCUT2D eigenvalue weighted by molar-refractivity contribution is 6.30. The average Bonchev–Trinajstić information content (AvgIpc) is 2.09. The first-order valence-electron chi connectivity index (χ1n) is 3.33. The van der Waals surface area contributed by atoms with Gasteiger partial charge >= 0.3 is 5.97 Å². The van der Waals surface area contributed by atoms with Crippen LogP contribution >= 0.6 is 11.6 Å². The van der Waals surface area contributed by atoms with Gasteiger partial charge in [0.05, 0.1) is 7.11 Å². The van der Waals surface area contributed by atoms with Crippen LogP contribution in [0.1, 0.15) is 5.56 Å². The van der Waals surface area contributed by atoms with Gasteiger partial charge in [0.2, 0.25) is 0 Å². The first-order valence-corrected chi connectivity index (χ1v) is 3.70. The quantitative estimate of drug-likeness (QED) is 0.654. The van der Waals surface area contributed by atoms with Gasteiger partial charge in [0.25, 0.3) is 0 Å². The Morgan fingerprint density at radius 1 is 1.42 bits per heavy atom. The number of rotatable bonds is 2. The van der Waals surface area contributed by atoms with Crippen LogP contribution in [0.25, 0.3) is 0 Å². The fourth-order valence-electron chi connectivity index (χ4n) is 0.702. The summed E-state index contributed by atoms with van der Waals surface area (Å²) in [5.74, 6) is -0.489. The van der Waals surface area contributed by atoms with E-state index >= 15 is 0 Å². The second-order valence-electron chi connectivity index (χ2n) is 2.12. The van der Waals surface area contributed by atoms with Crippen LogP contribution in [0.3, 0.4) is 0 Å². The van der Waals surface area contributed by atoms with Crippen molar-refractivity contribution in [2.75, 3.05) is 7.11 Å². The Hall–Kier alpha value is -1.02. The summed E-state index contributed by atoms with van der Waals surface area (Å²) < 4.78 is 4.40. The molecule has 0 unspecified atom stereocenters. The highest BCUT2D eigenvalue weighted by Gasteiger charge is 2.03. The fraction of sp³-hybridized carbons (Fsp3) is 0.111. The van der Waals surface area contributed by atoms with Crippen LogP contribution in [-0.4, -0.2) is 13.1 Å². The second kappa shape index (κ2) is 4.12. The zero-order chi connectivity index (χ0) is 8.97. The Morgan fingerprint density at radius 3 is 2.50 bits per heavy atom. The van der Waals surface area contributed by atoms with Gasteiger partial charge in [-0.15, -0.1) is 0 Å². The smallest absolute Gasteiger partial charge is 0.319 e. The molecule has 0 aliphatic carbocycles. The van der Waals surface area contributed by atoms with Crippen molar-refractivity contribution in [2.24, 2.45) is 0 Å². The van der Waals surface area contributed by atoms with E-state index in [4.69, 9.17) is 11.6 Å². The molecule has 0 saturated heterocycles. The third-order valence-electron chi connectivity index (χ3n) is 1.28. The van der Waals surface area contributed by atoms with Crippen molar-refractivity contribution < 1.29 is 9.53 Å². The molecule has 1 aromatic rings. The Kier molecular flexibility index (Phi) is 3.11. The lowest BCUT2D eigenvalue weighted by Gasteiger charge is -1.97. The lowest BCUT2D eigenvalue weighted by atomic mass is 10.2. The van der Waals surface area contributed by atoms with Crippen molar-refractivity contribution in [2.45, 2.75) is 0 Å². The van der Waals surface area contributed by atoms with E-state index in [9.17, 15) is 4.79 Å². The summed E-state index contributed by atoms with van der Waals surface area (Å²) in [7, 11) is 1.31. The van der Waals surface area contributed by atoms with Gasteiger partial charge in [0.1, 0.15) is 6.42 Å². The van der Waals surface area contributed by atoms with Crippen molar-refractivity contribution in [3.8, 4) is 0 Å². The predicted molar refractivity (Wildman–Crippen MR) is 45.8 cm³/mol. The minimum absolute atomic E-state index is 0.489. The number of halogens is 1. The molecule has 12 heavy (non-hydrogen) atoms. The molecule has 0 spiro atoms. The number of ether oxygens (including phenoxy) is 1. The molecule has 62 valence electrons. The lowest BCUT2D eigenvalue weighted by Crippen LogP contribution is -2.01. The van der Waals surface area contributed by atoms with E-state index in [-0.39, 0.29) is 0 Å². The summed E-state index contributed by atoms with van der Waals surface area (Å²) in [5.41, 5.74) is 0.659. The van der Waals surface area contributed by atoms with Crippen molar-refractivity contribution >= 4 is 17.6 Å². The van der Waals surface area contributed by atoms with Crippen LogP contribution in [0.4, 0.5) is 0 Å². The van der Waals surface area contributed by atoms with Gasteiger partial charge in [-0.05, 0) is 17.7 Å². The predicted octanol–water partition coefficient (Wildman–Crippen LogP) is 1.94. The molecule has 3 heteroatoms. The minimum atomic E-state index is -0.489. The maximum absolute atomic E-state index is 10.7. The molecule has 2 nitrogen and oxygen atoms in total. The first-order chi connectivity index (χ1) is 5.72. The Morgan fingerprint density at radius 2 is 2.00 bits per heavy atom. The molecule has 0 aliphatic heterocycles. The Labute approximate surface area is 76.1 Å². The minimum Gasteiger partial charge on any atom is -0.468 e. The molecule has 0 aromatic heterocycles. The molecular weight excluding hydrogens is 176 g/mol. The molecule has 0 atom stereocenters. The number of hydrogen-bond donors (Lipinski definition) is 0. The highest BCUT2D eigenvalue weighted by atomic mass is 35.5. The molecule has 0 bridgehead atoms. The summed E-state index contributed by atoms with van der Waals surface area (Å²) in [6.07, 6.45) is 2.50. The van der Waals surface area contributed by atoms with Crippen LogP contribution in [0.5, 0.6) is 0 Å². The van der Waals surface area contributed by atoms with E-state index < -0.39 is 5.97 Å². The third-order valence-corrected chi connectivity index (χ3v) is 1.53. The average molecular weight is 183 g/mol. The highest BCUT2D eigenvalue weighted by Crippen LogP contribution is 2.10. The van der Waals surface area contributed by atoms with Crippen LogP contribution in [0.2, 0.25) is 5.02 Å². The lowest BCUT2D eigenvalue weighted by molar-refractivity contribution is -0.136. The van der Waals surface area contributed by atoms with Crippen molar-refractivity contribution in [1.29, 1.82) is 0 Å². The second-order valence-corrected chi connectivity index (χ2v) is 2.56. The third kappa shape index (κ3) is 2.55. The Balaban J connectivity index is 2.64. The molecule has 0 heterocycles. The van der Waals surface area contributed by atoms with E-state index in [1.54, 1.807) is 24.3 Å². The standard InChI is InChI=1S/C9H7ClO2/c1-12-9(11)6-7-2-4-8(10)5-3-7/h2-5H,1H3. The fourth-order valence-corrected chi connectivity index (χ4v) is 0.828. The maximum atomic E-state index is 10.7. The number of esters is 1. The molecule has 0 N–H and O–H groups in total. The van der Waals surface area contributed by atoms with Gasteiger partial charge in [0, 0.05) is 5.02 Å². The zero-order valence-electron chi connectivity index (χ0n) is 6.50. The summed E-state index contributed by atoms with van der Waals surface area (Å²) >= 11 is 5.64.